The van der Waals surface area contributed by atoms with E-state index in [1.807, 2.05) is 19.1 Å². The highest BCUT2D eigenvalue weighted by Crippen LogP contribution is 2.60. The number of aliphatic hydroxyl groups excluding tert-OH is 2. The Morgan fingerprint density at radius 2 is 1.72 bits per heavy atom. The van der Waals surface area contributed by atoms with Crippen LogP contribution in [0.2, 0.25) is 0 Å². The fourth-order valence-corrected chi connectivity index (χ4v) is 6.65. The van der Waals surface area contributed by atoms with Crippen LogP contribution in [0.25, 0.3) is 0 Å². The van der Waals surface area contributed by atoms with Gasteiger partial charge in [0.25, 0.3) is 5.60 Å². The lowest BCUT2D eigenvalue weighted by Gasteiger charge is -2.44. The molecule has 9 heteroatoms. The molecule has 3 aliphatic rings. The predicted molar refractivity (Wildman–Crippen MR) is 125 cm³/mol. The summed E-state index contributed by atoms with van der Waals surface area (Å²) in [5.74, 6) is 0.193. The lowest BCUT2D eigenvalue weighted by Crippen LogP contribution is -2.55. The summed E-state index contributed by atoms with van der Waals surface area (Å²) >= 11 is 0. The molecule has 0 saturated heterocycles. The molecule has 3 saturated carbocycles. The standard InChI is InChI=1S/C27H36F6O3/c1-16(6-4-13-25(36,26(28,29)30)27(31,32)33)21-10-11-22-18(7-5-12-24(21,22)3)8-9-19-14-20(34)15-23(35)17(19)2/h4,8-9,13,16,20-23,34-36H,2,5-7,10-12,14-15H2,1,3H3/b13-4+,18-8+,19-9-/t16-,20-,21-,22+,23+,24-/m1/s1. The van der Waals surface area contributed by atoms with Crippen LogP contribution >= 0.6 is 0 Å². The minimum atomic E-state index is -5.86. The summed E-state index contributed by atoms with van der Waals surface area (Å²) in [4.78, 5) is 0. The molecular formula is C27H36F6O3. The van der Waals surface area contributed by atoms with Crippen molar-refractivity contribution in [3.8, 4) is 0 Å². The molecule has 6 atom stereocenters. The lowest BCUT2D eigenvalue weighted by molar-refractivity contribution is -0.347. The first kappa shape index (κ1) is 29.0. The minimum absolute atomic E-state index is 0.000145. The fraction of sp³-hybridized carbons (Fsp3) is 0.704. The van der Waals surface area contributed by atoms with E-state index in [0.29, 0.717) is 12.0 Å². The molecule has 3 rings (SSSR count). The maximum atomic E-state index is 13.0. The molecular weight excluding hydrogens is 486 g/mol. The molecule has 3 fully saturated rings. The van der Waals surface area contributed by atoms with Crippen molar-refractivity contribution >= 4 is 0 Å². The van der Waals surface area contributed by atoms with Crippen molar-refractivity contribution < 1.29 is 41.7 Å². The maximum absolute atomic E-state index is 13.0. The molecule has 0 aromatic heterocycles. The Kier molecular flexibility index (Phi) is 8.29. The Balaban J connectivity index is 1.75. The normalized spacial score (nSPS) is 35.6. The second-order valence-corrected chi connectivity index (χ2v) is 11.0. The first-order chi connectivity index (χ1) is 16.5. The van der Waals surface area contributed by atoms with Crippen LogP contribution in [0.3, 0.4) is 0 Å². The van der Waals surface area contributed by atoms with Gasteiger partial charge in [0.1, 0.15) is 0 Å². The monoisotopic (exact) mass is 522 g/mol. The summed E-state index contributed by atoms with van der Waals surface area (Å²) in [5, 5.41) is 29.4. The van der Waals surface area contributed by atoms with Gasteiger partial charge < -0.3 is 15.3 Å². The van der Waals surface area contributed by atoms with Crippen LogP contribution < -0.4 is 0 Å². The number of hydrogen-bond acceptors (Lipinski definition) is 3. The van der Waals surface area contributed by atoms with Gasteiger partial charge in [-0.15, -0.1) is 0 Å². The van der Waals surface area contributed by atoms with E-state index in [-0.39, 0.29) is 42.1 Å². The number of fused-ring (bicyclic) bond motifs is 1. The van der Waals surface area contributed by atoms with E-state index >= 15 is 0 Å². The van der Waals surface area contributed by atoms with E-state index in [4.69, 9.17) is 0 Å². The third-order valence-corrected chi connectivity index (χ3v) is 8.72. The van der Waals surface area contributed by atoms with Crippen LogP contribution in [0, 0.1) is 23.2 Å². The average molecular weight is 523 g/mol. The van der Waals surface area contributed by atoms with Gasteiger partial charge in [-0.05, 0) is 85.3 Å². The van der Waals surface area contributed by atoms with Crippen molar-refractivity contribution in [2.45, 2.75) is 95.4 Å². The fourth-order valence-electron chi connectivity index (χ4n) is 6.65. The first-order valence-electron chi connectivity index (χ1n) is 12.5. The van der Waals surface area contributed by atoms with Gasteiger partial charge in [-0.1, -0.05) is 44.2 Å². The van der Waals surface area contributed by atoms with Gasteiger partial charge in [0, 0.05) is 6.42 Å². The smallest absolute Gasteiger partial charge is 0.393 e. The number of aliphatic hydroxyl groups is 3. The molecule has 0 amide bonds. The van der Waals surface area contributed by atoms with E-state index < -0.39 is 30.2 Å². The number of hydrogen-bond donors (Lipinski definition) is 3. The van der Waals surface area contributed by atoms with Crippen LogP contribution in [0.4, 0.5) is 26.3 Å². The Bertz CT molecular complexity index is 901. The summed E-state index contributed by atoms with van der Waals surface area (Å²) in [5.41, 5.74) is -2.33. The molecule has 0 spiro atoms. The highest BCUT2D eigenvalue weighted by atomic mass is 19.4. The zero-order valence-electron chi connectivity index (χ0n) is 20.7. The van der Waals surface area contributed by atoms with Crippen LogP contribution in [0.1, 0.15) is 65.2 Å². The third kappa shape index (κ3) is 5.48. The van der Waals surface area contributed by atoms with E-state index in [0.717, 1.165) is 43.8 Å². The second-order valence-electron chi connectivity index (χ2n) is 11.0. The van der Waals surface area contributed by atoms with Crippen molar-refractivity contribution in [3.05, 3.63) is 47.6 Å². The molecule has 3 aliphatic carbocycles. The second kappa shape index (κ2) is 10.3. The van der Waals surface area contributed by atoms with Gasteiger partial charge in [0.05, 0.1) is 12.2 Å². The van der Waals surface area contributed by atoms with Crippen molar-refractivity contribution in [2.75, 3.05) is 0 Å². The van der Waals surface area contributed by atoms with Crippen LogP contribution in [0.5, 0.6) is 0 Å². The van der Waals surface area contributed by atoms with Crippen molar-refractivity contribution in [2.24, 2.45) is 23.2 Å². The van der Waals surface area contributed by atoms with Gasteiger partial charge in [-0.25, -0.2) is 0 Å². The van der Waals surface area contributed by atoms with Gasteiger partial charge in [0.15, 0.2) is 0 Å². The molecule has 0 aliphatic heterocycles. The molecule has 0 unspecified atom stereocenters. The van der Waals surface area contributed by atoms with E-state index in [9.17, 15) is 41.7 Å². The largest absolute Gasteiger partial charge is 0.429 e. The summed E-state index contributed by atoms with van der Waals surface area (Å²) < 4.78 is 77.8. The Labute approximate surface area is 208 Å². The molecule has 3 N–H and O–H groups in total. The van der Waals surface area contributed by atoms with E-state index in [1.54, 1.807) is 0 Å². The van der Waals surface area contributed by atoms with Crippen LogP contribution in [-0.4, -0.2) is 45.5 Å². The molecule has 3 nitrogen and oxygen atoms in total. The highest BCUT2D eigenvalue weighted by molar-refractivity contribution is 5.38. The number of alkyl halides is 6. The Morgan fingerprint density at radius 3 is 2.33 bits per heavy atom. The SMILES string of the molecule is C=C1/C(=C\C=C2/CCC[C@]3(C)[C@@H]([C@H](C)C/C=C/C(O)(C(F)(F)F)C(F)(F)F)CC[C@@H]23)C[C@@H](O)C[C@@H]1O. The summed E-state index contributed by atoms with van der Waals surface area (Å²) in [6.45, 7) is 7.94. The topological polar surface area (TPSA) is 60.7 Å². The molecule has 36 heavy (non-hydrogen) atoms. The van der Waals surface area contributed by atoms with E-state index in [1.165, 1.54) is 5.57 Å². The van der Waals surface area contributed by atoms with Crippen LogP contribution in [0.15, 0.2) is 47.6 Å². The van der Waals surface area contributed by atoms with Gasteiger partial charge in [0.2, 0.25) is 0 Å². The summed E-state index contributed by atoms with van der Waals surface area (Å²) in [7, 11) is 0. The summed E-state index contributed by atoms with van der Waals surface area (Å²) in [6.07, 6.45) is -3.35. The van der Waals surface area contributed by atoms with E-state index in [2.05, 4.69) is 13.5 Å². The molecule has 0 radical (unpaired) electrons. The lowest BCUT2D eigenvalue weighted by atomic mass is 9.61. The highest BCUT2D eigenvalue weighted by Gasteiger charge is 2.69. The molecule has 204 valence electrons. The van der Waals surface area contributed by atoms with Gasteiger partial charge >= 0.3 is 12.4 Å². The molecule has 0 aromatic carbocycles. The molecule has 0 aromatic rings. The van der Waals surface area contributed by atoms with Crippen molar-refractivity contribution in [1.29, 1.82) is 0 Å². The van der Waals surface area contributed by atoms with Gasteiger partial charge in [-0.3, -0.25) is 0 Å². The predicted octanol–water partition coefficient (Wildman–Crippen LogP) is 6.57. The number of allylic oxidation sites excluding steroid dienone is 4. The number of rotatable bonds is 5. The third-order valence-electron chi connectivity index (χ3n) is 8.72. The Morgan fingerprint density at radius 1 is 1.08 bits per heavy atom. The Hall–Kier alpha value is -1.58. The zero-order chi connectivity index (χ0) is 27.1. The van der Waals surface area contributed by atoms with Crippen molar-refractivity contribution in [1.82, 2.24) is 0 Å². The van der Waals surface area contributed by atoms with Gasteiger partial charge in [-0.2, -0.15) is 26.3 Å². The maximum Gasteiger partial charge on any atom is 0.429 e. The van der Waals surface area contributed by atoms with Crippen molar-refractivity contribution in [3.63, 3.8) is 0 Å². The molecule has 0 heterocycles. The summed E-state index contributed by atoms with van der Waals surface area (Å²) in [6, 6.07) is 0. The average Bonchev–Trinajstić information content (AvgIpc) is 3.11. The number of halogens is 6. The zero-order valence-corrected chi connectivity index (χ0v) is 20.7. The minimum Gasteiger partial charge on any atom is -0.393 e. The molecule has 0 bridgehead atoms. The van der Waals surface area contributed by atoms with Crippen LogP contribution in [-0.2, 0) is 0 Å². The quantitative estimate of drug-likeness (QED) is 0.283. The first-order valence-corrected chi connectivity index (χ1v) is 12.5.